The van der Waals surface area contributed by atoms with Gasteiger partial charge in [-0.05, 0) is 20.9 Å². The highest BCUT2D eigenvalue weighted by molar-refractivity contribution is 5.72. The second kappa shape index (κ2) is 5.98. The third-order valence-corrected chi connectivity index (χ3v) is 2.90. The minimum atomic E-state index is -0.213. The Kier molecular flexibility index (Phi) is 5.72. The number of aliphatic hydroxyl groups excluding tert-OH is 1. The summed E-state index contributed by atoms with van der Waals surface area (Å²) in [4.78, 5) is 13.2. The van der Waals surface area contributed by atoms with Gasteiger partial charge in [0.15, 0.2) is 0 Å². The molecule has 1 N–H and O–H groups in total. The maximum absolute atomic E-state index is 11.3. The third kappa shape index (κ3) is 3.27. The highest BCUT2D eigenvalue weighted by atomic mass is 16.5. The molecule has 0 fully saturated rings. The lowest BCUT2D eigenvalue weighted by molar-refractivity contribution is -0.147. The van der Waals surface area contributed by atoms with Crippen molar-refractivity contribution in [1.82, 2.24) is 4.90 Å². The van der Waals surface area contributed by atoms with Gasteiger partial charge in [-0.15, -0.1) is 0 Å². The lowest BCUT2D eigenvalue weighted by Gasteiger charge is -2.32. The Morgan fingerprint density at radius 1 is 1.43 bits per heavy atom. The van der Waals surface area contributed by atoms with Gasteiger partial charge in [-0.2, -0.15) is 0 Å². The van der Waals surface area contributed by atoms with E-state index in [9.17, 15) is 4.79 Å². The molecule has 0 saturated heterocycles. The van der Waals surface area contributed by atoms with Crippen LogP contribution in [0.5, 0.6) is 0 Å². The highest BCUT2D eigenvalue weighted by Gasteiger charge is 2.26. The molecule has 0 aliphatic carbocycles. The number of likely N-dealkylation sites (N-methyl/N-ethyl adjacent to an activating group) is 1. The largest absolute Gasteiger partial charge is 0.469 e. The Morgan fingerprint density at radius 2 is 1.93 bits per heavy atom. The van der Waals surface area contributed by atoms with Crippen LogP contribution in [-0.4, -0.2) is 48.8 Å². The molecule has 0 rings (SSSR count). The molecule has 0 saturated carbocycles. The van der Waals surface area contributed by atoms with Gasteiger partial charge in [0, 0.05) is 12.1 Å². The van der Waals surface area contributed by atoms with E-state index in [1.807, 2.05) is 32.7 Å². The number of rotatable bonds is 5. The molecule has 0 aromatic heterocycles. The van der Waals surface area contributed by atoms with Crippen molar-refractivity contribution in [2.24, 2.45) is 5.92 Å². The lowest BCUT2D eigenvalue weighted by atomic mass is 10.0. The molecule has 0 heterocycles. The Hall–Kier alpha value is -0.610. The fourth-order valence-corrected chi connectivity index (χ4v) is 1.27. The van der Waals surface area contributed by atoms with Gasteiger partial charge in [0.2, 0.25) is 0 Å². The molecule has 0 radical (unpaired) electrons. The van der Waals surface area contributed by atoms with E-state index < -0.39 is 0 Å². The van der Waals surface area contributed by atoms with Crippen molar-refractivity contribution in [3.05, 3.63) is 0 Å². The van der Waals surface area contributed by atoms with Crippen LogP contribution in [0.1, 0.15) is 20.8 Å². The molecule has 0 bridgehead atoms. The van der Waals surface area contributed by atoms with Crippen molar-refractivity contribution in [3.63, 3.8) is 0 Å². The zero-order valence-electron chi connectivity index (χ0n) is 9.65. The van der Waals surface area contributed by atoms with Crippen LogP contribution in [0, 0.1) is 5.92 Å². The van der Waals surface area contributed by atoms with Crippen molar-refractivity contribution in [1.29, 1.82) is 0 Å². The molecule has 4 nitrogen and oxygen atoms in total. The van der Waals surface area contributed by atoms with Crippen LogP contribution in [0.4, 0.5) is 0 Å². The van der Waals surface area contributed by atoms with Gasteiger partial charge in [0.05, 0.1) is 19.6 Å². The number of carbonyl (C=O) groups is 1. The molecule has 4 heteroatoms. The van der Waals surface area contributed by atoms with Crippen LogP contribution in [0.3, 0.4) is 0 Å². The van der Waals surface area contributed by atoms with Crippen molar-refractivity contribution in [3.8, 4) is 0 Å². The minimum absolute atomic E-state index is 0.0529. The van der Waals surface area contributed by atoms with Crippen LogP contribution < -0.4 is 0 Å². The van der Waals surface area contributed by atoms with Gasteiger partial charge in [-0.1, -0.05) is 6.92 Å². The van der Waals surface area contributed by atoms with E-state index in [0.29, 0.717) is 0 Å². The zero-order chi connectivity index (χ0) is 11.3. The molecule has 14 heavy (non-hydrogen) atoms. The molecule has 84 valence electrons. The second-order valence-electron chi connectivity index (χ2n) is 3.75. The Morgan fingerprint density at radius 3 is 2.29 bits per heavy atom. The zero-order valence-corrected chi connectivity index (χ0v) is 9.65. The van der Waals surface area contributed by atoms with E-state index in [1.165, 1.54) is 7.11 Å². The molecule has 0 spiro atoms. The molecular weight excluding hydrogens is 182 g/mol. The first-order chi connectivity index (χ1) is 6.45. The minimum Gasteiger partial charge on any atom is -0.469 e. The number of nitrogens with zero attached hydrogens (tertiary/aromatic N) is 1. The number of esters is 1. The van der Waals surface area contributed by atoms with Crippen molar-refractivity contribution >= 4 is 5.97 Å². The normalized spacial score (nSPS) is 17.6. The number of aliphatic hydroxyl groups is 1. The fourth-order valence-electron chi connectivity index (χ4n) is 1.27. The van der Waals surface area contributed by atoms with E-state index in [4.69, 9.17) is 5.11 Å². The molecule has 0 aromatic carbocycles. The van der Waals surface area contributed by atoms with Crippen molar-refractivity contribution in [2.45, 2.75) is 32.9 Å². The van der Waals surface area contributed by atoms with Crippen molar-refractivity contribution in [2.75, 3.05) is 20.8 Å². The summed E-state index contributed by atoms with van der Waals surface area (Å²) >= 11 is 0. The van der Waals surface area contributed by atoms with Crippen molar-refractivity contribution < 1.29 is 14.6 Å². The smallest absolute Gasteiger partial charge is 0.309 e. The summed E-state index contributed by atoms with van der Waals surface area (Å²) in [5.74, 6) is -0.395. The van der Waals surface area contributed by atoms with Gasteiger partial charge < -0.3 is 9.84 Å². The standard InChI is InChI=1S/C10H21NO3/c1-7(6-12)11(4)9(3)8(2)10(13)14-5/h7-9,12H,6H2,1-5H3. The van der Waals surface area contributed by atoms with E-state index in [2.05, 4.69) is 4.74 Å². The van der Waals surface area contributed by atoms with Crippen LogP contribution in [-0.2, 0) is 9.53 Å². The van der Waals surface area contributed by atoms with Gasteiger partial charge in [0.1, 0.15) is 0 Å². The first-order valence-electron chi connectivity index (χ1n) is 4.86. The van der Waals surface area contributed by atoms with Crippen LogP contribution in [0.2, 0.25) is 0 Å². The topological polar surface area (TPSA) is 49.8 Å². The predicted molar refractivity (Wildman–Crippen MR) is 55.0 cm³/mol. The number of methoxy groups -OCH3 is 1. The summed E-state index contributed by atoms with van der Waals surface area (Å²) < 4.78 is 4.67. The monoisotopic (exact) mass is 203 g/mol. The number of hydrogen-bond acceptors (Lipinski definition) is 4. The summed E-state index contributed by atoms with van der Waals surface area (Å²) in [6, 6.07) is 0.113. The van der Waals surface area contributed by atoms with Gasteiger partial charge in [0.25, 0.3) is 0 Å². The Bertz CT molecular complexity index is 184. The summed E-state index contributed by atoms with van der Waals surface area (Å²) in [5, 5.41) is 8.97. The Labute approximate surface area is 85.9 Å². The molecule has 0 aliphatic rings. The number of hydrogen-bond donors (Lipinski definition) is 1. The second-order valence-corrected chi connectivity index (χ2v) is 3.75. The molecule has 3 unspecified atom stereocenters. The average molecular weight is 203 g/mol. The van der Waals surface area contributed by atoms with Gasteiger partial charge in [-0.25, -0.2) is 0 Å². The first-order valence-corrected chi connectivity index (χ1v) is 4.86. The number of carbonyl (C=O) groups excluding carboxylic acids is 1. The molecule has 0 aromatic rings. The van der Waals surface area contributed by atoms with Crippen LogP contribution in [0.25, 0.3) is 0 Å². The van der Waals surface area contributed by atoms with E-state index in [0.717, 1.165) is 0 Å². The van der Waals surface area contributed by atoms with E-state index in [-0.39, 0.29) is 30.6 Å². The number of ether oxygens (including phenoxy) is 1. The molecule has 0 amide bonds. The van der Waals surface area contributed by atoms with Gasteiger partial charge in [-0.3, -0.25) is 9.69 Å². The maximum Gasteiger partial charge on any atom is 0.309 e. The third-order valence-electron chi connectivity index (χ3n) is 2.90. The molecular formula is C10H21NO3. The highest BCUT2D eigenvalue weighted by Crippen LogP contribution is 2.13. The molecule has 3 atom stereocenters. The van der Waals surface area contributed by atoms with Gasteiger partial charge >= 0.3 is 5.97 Å². The average Bonchev–Trinajstić information content (AvgIpc) is 2.23. The predicted octanol–water partition coefficient (Wildman–Crippen LogP) is 0.497. The summed E-state index contributed by atoms with van der Waals surface area (Å²) in [7, 11) is 3.28. The summed E-state index contributed by atoms with van der Waals surface area (Å²) in [6.07, 6.45) is 0. The first kappa shape index (κ1) is 13.4. The quantitative estimate of drug-likeness (QED) is 0.661. The van der Waals surface area contributed by atoms with Crippen LogP contribution >= 0.6 is 0 Å². The van der Waals surface area contributed by atoms with Crippen LogP contribution in [0.15, 0.2) is 0 Å². The van der Waals surface area contributed by atoms with E-state index in [1.54, 1.807) is 0 Å². The lowest BCUT2D eigenvalue weighted by Crippen LogP contribution is -2.44. The SMILES string of the molecule is COC(=O)C(C)C(C)N(C)C(C)CO. The maximum atomic E-state index is 11.3. The summed E-state index contributed by atoms with van der Waals surface area (Å²) in [6.45, 7) is 5.79. The summed E-state index contributed by atoms with van der Waals surface area (Å²) in [5.41, 5.74) is 0. The van der Waals surface area contributed by atoms with E-state index >= 15 is 0 Å². The fraction of sp³-hybridized carbons (Fsp3) is 0.900. The Balaban J connectivity index is 4.30. The molecule has 0 aliphatic heterocycles.